The van der Waals surface area contributed by atoms with Crippen molar-refractivity contribution in [1.29, 1.82) is 0 Å². The summed E-state index contributed by atoms with van der Waals surface area (Å²) in [5.74, 6) is -0.886. The summed E-state index contributed by atoms with van der Waals surface area (Å²) in [7, 11) is 0. The fourth-order valence-electron chi connectivity index (χ4n) is 3.71. The zero-order chi connectivity index (χ0) is 18.1. The van der Waals surface area contributed by atoms with Crippen molar-refractivity contribution in [3.63, 3.8) is 0 Å². The molecule has 0 radical (unpaired) electrons. The molecular formula is C20H19BrN2O2S. The number of carboxylic acid groups (broad SMARTS) is 1. The van der Waals surface area contributed by atoms with Crippen molar-refractivity contribution in [3.05, 3.63) is 63.0 Å². The summed E-state index contributed by atoms with van der Waals surface area (Å²) < 4.78 is 1.11. The summed E-state index contributed by atoms with van der Waals surface area (Å²) in [5.41, 5.74) is 1.24. The highest BCUT2D eigenvalue weighted by molar-refractivity contribution is 9.11. The minimum Gasteiger partial charge on any atom is -0.481 e. The van der Waals surface area contributed by atoms with E-state index in [1.165, 1.54) is 15.8 Å². The number of aliphatic carboxylic acids is 1. The number of carboxylic acids is 1. The molecule has 0 aliphatic carbocycles. The normalized spacial score (nSPS) is 17.4. The third kappa shape index (κ3) is 3.54. The van der Waals surface area contributed by atoms with Gasteiger partial charge < -0.3 is 5.11 Å². The minimum atomic E-state index is -0.668. The second-order valence-electron chi connectivity index (χ2n) is 6.68. The molecule has 1 aromatic carbocycles. The average Bonchev–Trinajstić information content (AvgIpc) is 3.08. The van der Waals surface area contributed by atoms with Gasteiger partial charge in [-0.15, -0.1) is 11.3 Å². The van der Waals surface area contributed by atoms with Gasteiger partial charge in [-0.3, -0.25) is 14.7 Å². The summed E-state index contributed by atoms with van der Waals surface area (Å²) in [6.45, 7) is 1.59. The Labute approximate surface area is 164 Å². The van der Waals surface area contributed by atoms with E-state index in [1.807, 2.05) is 18.5 Å². The predicted molar refractivity (Wildman–Crippen MR) is 108 cm³/mol. The lowest BCUT2D eigenvalue weighted by atomic mass is 9.93. The number of pyridine rings is 1. The van der Waals surface area contributed by atoms with E-state index >= 15 is 0 Å². The molecule has 134 valence electrons. The number of hydrogen-bond acceptors (Lipinski definition) is 4. The van der Waals surface area contributed by atoms with Crippen LogP contribution in [0.1, 0.15) is 29.3 Å². The van der Waals surface area contributed by atoms with E-state index in [0.29, 0.717) is 12.8 Å². The molecule has 3 aromatic rings. The molecule has 4 rings (SSSR count). The maximum Gasteiger partial charge on any atom is 0.306 e. The maximum atomic E-state index is 11.3. The van der Waals surface area contributed by atoms with Gasteiger partial charge in [0.2, 0.25) is 0 Å². The smallest absolute Gasteiger partial charge is 0.306 e. The van der Waals surface area contributed by atoms with Crippen molar-refractivity contribution < 1.29 is 9.90 Å². The first-order valence-electron chi connectivity index (χ1n) is 8.67. The molecule has 1 unspecified atom stereocenters. The fraction of sp³-hybridized carbons (Fsp3) is 0.300. The molecule has 1 fully saturated rings. The monoisotopic (exact) mass is 430 g/mol. The third-order valence-electron chi connectivity index (χ3n) is 5.09. The van der Waals surface area contributed by atoms with Crippen LogP contribution in [0.4, 0.5) is 0 Å². The molecule has 0 saturated carbocycles. The number of halogens is 1. The van der Waals surface area contributed by atoms with Crippen molar-refractivity contribution in [3.8, 4) is 0 Å². The van der Waals surface area contributed by atoms with Crippen LogP contribution in [-0.4, -0.2) is 34.0 Å². The summed E-state index contributed by atoms with van der Waals surface area (Å²) >= 11 is 5.32. The van der Waals surface area contributed by atoms with Crippen LogP contribution in [0.2, 0.25) is 0 Å². The van der Waals surface area contributed by atoms with Crippen LogP contribution in [0.5, 0.6) is 0 Å². The van der Waals surface area contributed by atoms with E-state index in [9.17, 15) is 9.90 Å². The van der Waals surface area contributed by atoms with Gasteiger partial charge in [-0.2, -0.15) is 0 Å². The van der Waals surface area contributed by atoms with Crippen LogP contribution in [0.15, 0.2) is 52.6 Å². The van der Waals surface area contributed by atoms with Gasteiger partial charge in [0.05, 0.1) is 15.7 Å². The largest absolute Gasteiger partial charge is 0.481 e. The second-order valence-corrected chi connectivity index (χ2v) is 9.17. The first-order chi connectivity index (χ1) is 12.6. The summed E-state index contributed by atoms with van der Waals surface area (Å²) in [6, 6.07) is 13.0. The first kappa shape index (κ1) is 17.6. The molecule has 2 aromatic heterocycles. The van der Waals surface area contributed by atoms with Gasteiger partial charge in [0.25, 0.3) is 0 Å². The van der Waals surface area contributed by atoms with Crippen molar-refractivity contribution in [2.24, 2.45) is 5.92 Å². The van der Waals surface area contributed by atoms with Gasteiger partial charge in [0, 0.05) is 22.7 Å². The number of fused-ring (bicyclic) bond motifs is 1. The van der Waals surface area contributed by atoms with E-state index < -0.39 is 5.97 Å². The number of carbonyl (C=O) groups is 1. The number of rotatable bonds is 4. The number of benzene rings is 1. The lowest BCUT2D eigenvalue weighted by Gasteiger charge is -2.36. The van der Waals surface area contributed by atoms with E-state index in [0.717, 1.165) is 22.3 Å². The molecule has 4 nitrogen and oxygen atoms in total. The Morgan fingerprint density at radius 1 is 1.19 bits per heavy atom. The molecule has 0 amide bonds. The molecule has 6 heteroatoms. The topological polar surface area (TPSA) is 53.4 Å². The molecule has 0 spiro atoms. The highest BCUT2D eigenvalue weighted by atomic mass is 79.9. The standard InChI is InChI=1S/C20H19BrN2O2S/c21-18-4-3-17(26-18)19(23-9-6-13(7-10-23)20(24)25)15-1-2-16-12-22-8-5-14(16)11-15/h1-5,8,11-13,19H,6-7,9-10H2,(H,24,25). The molecule has 1 aliphatic rings. The van der Waals surface area contributed by atoms with Crippen molar-refractivity contribution in [2.45, 2.75) is 18.9 Å². The molecule has 1 atom stereocenters. The van der Waals surface area contributed by atoms with E-state index in [-0.39, 0.29) is 12.0 Å². The lowest BCUT2D eigenvalue weighted by molar-refractivity contribution is -0.143. The Bertz CT molecular complexity index is 934. The Balaban J connectivity index is 1.70. The molecule has 3 heterocycles. The van der Waals surface area contributed by atoms with Crippen molar-refractivity contribution >= 4 is 44.0 Å². The summed E-state index contributed by atoms with van der Waals surface area (Å²) in [5, 5.41) is 11.6. The molecule has 1 saturated heterocycles. The maximum absolute atomic E-state index is 11.3. The molecular weight excluding hydrogens is 412 g/mol. The van der Waals surface area contributed by atoms with E-state index in [2.05, 4.69) is 56.1 Å². The Hall–Kier alpha value is -1.76. The average molecular weight is 431 g/mol. The third-order valence-corrected chi connectivity index (χ3v) is 6.76. The van der Waals surface area contributed by atoms with Gasteiger partial charge >= 0.3 is 5.97 Å². The van der Waals surface area contributed by atoms with Crippen molar-refractivity contribution in [1.82, 2.24) is 9.88 Å². The van der Waals surface area contributed by atoms with Gasteiger partial charge in [0.1, 0.15) is 0 Å². The zero-order valence-corrected chi connectivity index (χ0v) is 16.5. The highest BCUT2D eigenvalue weighted by Gasteiger charge is 2.30. The van der Waals surface area contributed by atoms with Crippen LogP contribution in [0.25, 0.3) is 10.8 Å². The van der Waals surface area contributed by atoms with Gasteiger partial charge in [-0.05, 0) is 77.1 Å². The van der Waals surface area contributed by atoms with Gasteiger partial charge in [0.15, 0.2) is 0 Å². The first-order valence-corrected chi connectivity index (χ1v) is 10.3. The quantitative estimate of drug-likeness (QED) is 0.636. The fourth-order valence-corrected chi connectivity index (χ4v) is 5.29. The molecule has 26 heavy (non-hydrogen) atoms. The Morgan fingerprint density at radius 2 is 2.00 bits per heavy atom. The molecule has 1 N–H and O–H groups in total. The highest BCUT2D eigenvalue weighted by Crippen LogP contribution is 2.38. The molecule has 1 aliphatic heterocycles. The van der Waals surface area contributed by atoms with E-state index in [4.69, 9.17) is 0 Å². The summed E-state index contributed by atoms with van der Waals surface area (Å²) in [4.78, 5) is 19.2. The molecule has 0 bridgehead atoms. The van der Waals surface area contributed by atoms with Gasteiger partial charge in [-0.1, -0.05) is 12.1 Å². The Kier molecular flexibility index (Phi) is 5.07. The van der Waals surface area contributed by atoms with E-state index in [1.54, 1.807) is 11.3 Å². The second kappa shape index (κ2) is 7.47. The van der Waals surface area contributed by atoms with Gasteiger partial charge in [-0.25, -0.2) is 0 Å². The number of likely N-dealkylation sites (tertiary alicyclic amines) is 1. The number of aromatic nitrogens is 1. The zero-order valence-electron chi connectivity index (χ0n) is 14.1. The number of thiophene rings is 1. The van der Waals surface area contributed by atoms with Crippen LogP contribution >= 0.6 is 27.3 Å². The van der Waals surface area contributed by atoms with Crippen LogP contribution < -0.4 is 0 Å². The minimum absolute atomic E-state index is 0.151. The van der Waals surface area contributed by atoms with Crippen LogP contribution in [0.3, 0.4) is 0 Å². The SMILES string of the molecule is O=C(O)C1CCN(C(c2ccc3cnccc3c2)c2ccc(Br)s2)CC1. The lowest BCUT2D eigenvalue weighted by Crippen LogP contribution is -2.39. The summed E-state index contributed by atoms with van der Waals surface area (Å²) in [6.07, 6.45) is 5.11. The van der Waals surface area contributed by atoms with Crippen LogP contribution in [0, 0.1) is 5.92 Å². The van der Waals surface area contributed by atoms with Crippen LogP contribution in [-0.2, 0) is 4.79 Å². The number of nitrogens with zero attached hydrogens (tertiary/aromatic N) is 2. The Morgan fingerprint density at radius 3 is 2.69 bits per heavy atom. The number of hydrogen-bond donors (Lipinski definition) is 1. The van der Waals surface area contributed by atoms with Crippen molar-refractivity contribution in [2.75, 3.05) is 13.1 Å². The number of piperidine rings is 1. The predicted octanol–water partition coefficient (Wildman–Crippen LogP) is 4.94.